The molecule has 4 rings (SSSR count). The molecule has 40 heavy (non-hydrogen) atoms. The summed E-state index contributed by atoms with van der Waals surface area (Å²) in [5.74, 6) is -1.65. The fourth-order valence-corrected chi connectivity index (χ4v) is 5.69. The van der Waals surface area contributed by atoms with Crippen molar-refractivity contribution >= 4 is 5.91 Å². The minimum absolute atomic E-state index is 0.169. The first-order valence-electron chi connectivity index (χ1n) is 13.5. The summed E-state index contributed by atoms with van der Waals surface area (Å²) in [6, 6.07) is 5.47. The van der Waals surface area contributed by atoms with Gasteiger partial charge in [0.25, 0.3) is 5.91 Å². The third kappa shape index (κ3) is 6.04. The van der Waals surface area contributed by atoms with Crippen molar-refractivity contribution in [3.63, 3.8) is 0 Å². The van der Waals surface area contributed by atoms with Gasteiger partial charge < -0.3 is 62.1 Å². The molecule has 1 saturated carbocycles. The zero-order valence-electron chi connectivity index (χ0n) is 23.1. The number of ether oxygens (including phenoxy) is 4. The number of benzene rings is 1. The van der Waals surface area contributed by atoms with Crippen molar-refractivity contribution in [3.05, 3.63) is 47.7 Å². The number of nitrogens with zero attached hydrogens (tertiary/aromatic N) is 1. The van der Waals surface area contributed by atoms with Crippen LogP contribution in [0.25, 0.3) is 0 Å². The van der Waals surface area contributed by atoms with Crippen molar-refractivity contribution in [1.82, 2.24) is 4.90 Å². The predicted molar refractivity (Wildman–Crippen MR) is 144 cm³/mol. The number of aliphatic hydroxyl groups excluding tert-OH is 2. The van der Waals surface area contributed by atoms with Gasteiger partial charge in [-0.25, -0.2) is 0 Å². The van der Waals surface area contributed by atoms with Gasteiger partial charge in [0, 0.05) is 24.7 Å². The van der Waals surface area contributed by atoms with Crippen LogP contribution in [0.2, 0.25) is 0 Å². The predicted octanol–water partition coefficient (Wildman–Crippen LogP) is -1.91. The molecule has 224 valence electrons. The number of carbonyl (C=O) groups is 1. The summed E-state index contributed by atoms with van der Waals surface area (Å²) in [6.07, 6.45) is -3.35. The van der Waals surface area contributed by atoms with E-state index in [1.165, 1.54) is 25.8 Å². The lowest BCUT2D eigenvalue weighted by molar-refractivity contribution is -0.361. The zero-order chi connectivity index (χ0) is 29.4. The number of hydrogen-bond acceptors (Lipinski definition) is 12. The Balaban J connectivity index is 1.53. The summed E-state index contributed by atoms with van der Waals surface area (Å²) in [4.78, 5) is 14.5. The first kappa shape index (κ1) is 30.8. The maximum Gasteiger partial charge on any atom is 0.254 e. The van der Waals surface area contributed by atoms with Gasteiger partial charge in [-0.1, -0.05) is 18.2 Å². The van der Waals surface area contributed by atoms with Crippen LogP contribution >= 0.6 is 0 Å². The highest BCUT2D eigenvalue weighted by atomic mass is 16.7. The third-order valence-electron chi connectivity index (χ3n) is 8.04. The van der Waals surface area contributed by atoms with E-state index in [0.717, 1.165) is 0 Å². The minimum atomic E-state index is -1.76. The summed E-state index contributed by atoms with van der Waals surface area (Å²) in [7, 11) is 1.49. The molecule has 0 aromatic heterocycles. The molecule has 1 aliphatic carbocycles. The van der Waals surface area contributed by atoms with Gasteiger partial charge in [-0.3, -0.25) is 4.79 Å². The van der Waals surface area contributed by atoms with E-state index in [1.807, 2.05) is 0 Å². The Labute approximate surface area is 234 Å². The lowest BCUT2D eigenvalue weighted by Gasteiger charge is -2.54. The van der Waals surface area contributed by atoms with E-state index in [0.29, 0.717) is 17.7 Å². The number of aliphatic hydroxyl groups is 3. The molecule has 0 bridgehead atoms. The first-order valence-corrected chi connectivity index (χ1v) is 13.5. The van der Waals surface area contributed by atoms with Crippen LogP contribution in [0.4, 0.5) is 0 Å². The fraction of sp³-hybridized carbons (Fsp3) is 0.667. The fourth-order valence-electron chi connectivity index (χ4n) is 5.69. The second-order valence-corrected chi connectivity index (χ2v) is 11.3. The molecule has 1 saturated heterocycles. The first-order chi connectivity index (χ1) is 18.8. The largest absolute Gasteiger partial charge is 0.467 e. The van der Waals surface area contributed by atoms with Crippen LogP contribution in [0.5, 0.6) is 0 Å². The van der Waals surface area contributed by atoms with Crippen molar-refractivity contribution in [3.8, 4) is 0 Å². The van der Waals surface area contributed by atoms with Crippen molar-refractivity contribution < 1.29 is 39.1 Å². The van der Waals surface area contributed by atoms with Gasteiger partial charge in [-0.15, -0.1) is 0 Å². The van der Waals surface area contributed by atoms with Gasteiger partial charge in [-0.05, 0) is 44.9 Å². The Bertz CT molecular complexity index is 1060. The van der Waals surface area contributed by atoms with E-state index in [4.69, 9.17) is 41.9 Å². The average molecular weight is 566 g/mol. The molecule has 13 nitrogen and oxygen atoms in total. The highest BCUT2D eigenvalue weighted by molar-refractivity contribution is 5.94. The van der Waals surface area contributed by atoms with Crippen LogP contribution in [0.3, 0.4) is 0 Å². The summed E-state index contributed by atoms with van der Waals surface area (Å²) >= 11 is 0. The lowest BCUT2D eigenvalue weighted by atomic mass is 9.82. The summed E-state index contributed by atoms with van der Waals surface area (Å²) < 4.78 is 23.9. The maximum absolute atomic E-state index is 13.2. The number of rotatable bonds is 7. The molecule has 2 fully saturated rings. The number of amides is 1. The monoisotopic (exact) mass is 565 g/mol. The highest BCUT2D eigenvalue weighted by Gasteiger charge is 2.58. The van der Waals surface area contributed by atoms with Gasteiger partial charge in [0.15, 0.2) is 5.79 Å². The van der Waals surface area contributed by atoms with Crippen LogP contribution in [-0.4, -0.2) is 113 Å². The molecule has 1 aromatic carbocycles. The second-order valence-electron chi connectivity index (χ2n) is 11.3. The number of nitrogens with two attached hydrogens (primary N) is 4. The number of hydrogen-bond donors (Lipinski definition) is 7. The molecular weight excluding hydrogens is 522 g/mol. The molecule has 11 N–H and O–H groups in total. The van der Waals surface area contributed by atoms with Crippen LogP contribution in [0.15, 0.2) is 42.2 Å². The van der Waals surface area contributed by atoms with Gasteiger partial charge in [-0.2, -0.15) is 0 Å². The standard InChI is InChI=1S/C27H43N5O8/c1-26(36)13-37-27(2,23(34)22(26)32(3)24(35)14-7-5-4-6-8-14)40-21-18(31)11-17(30)20(19(21)33)39-25-16(29)10-9-15(12-28)38-25/h4-9,16-23,25,33-34,36H,10-13,28-31H2,1-3H3/t16-,17+,18-,19+,20-,21+,22-,23-,25-,26+,27-/m1/s1. The van der Waals surface area contributed by atoms with Gasteiger partial charge >= 0.3 is 0 Å². The van der Waals surface area contributed by atoms with Crippen molar-refractivity contribution in [2.75, 3.05) is 20.2 Å². The van der Waals surface area contributed by atoms with Gasteiger partial charge in [0.2, 0.25) is 6.29 Å². The number of carbonyl (C=O) groups excluding carboxylic acids is 1. The van der Waals surface area contributed by atoms with E-state index in [9.17, 15) is 20.1 Å². The number of likely N-dealkylation sites (N-methyl/N-ethyl adjacent to an activating group) is 1. The van der Waals surface area contributed by atoms with Crippen molar-refractivity contribution in [1.29, 1.82) is 0 Å². The van der Waals surface area contributed by atoms with Crippen LogP contribution in [0, 0.1) is 0 Å². The molecule has 2 heterocycles. The van der Waals surface area contributed by atoms with Gasteiger partial charge in [0.05, 0.1) is 25.2 Å². The Morgan fingerprint density at radius 2 is 1.75 bits per heavy atom. The van der Waals surface area contributed by atoms with Crippen LogP contribution < -0.4 is 22.9 Å². The van der Waals surface area contributed by atoms with Crippen LogP contribution in [-0.2, 0) is 18.9 Å². The molecule has 2 aliphatic heterocycles. The van der Waals surface area contributed by atoms with Crippen molar-refractivity contribution in [2.24, 2.45) is 22.9 Å². The molecule has 0 spiro atoms. The maximum atomic E-state index is 13.2. The minimum Gasteiger partial charge on any atom is -0.467 e. The lowest BCUT2D eigenvalue weighted by Crippen LogP contribution is -2.73. The molecule has 0 unspecified atom stereocenters. The molecule has 13 heteroatoms. The molecule has 0 radical (unpaired) electrons. The third-order valence-corrected chi connectivity index (χ3v) is 8.04. The van der Waals surface area contributed by atoms with Crippen molar-refractivity contribution in [2.45, 2.75) is 93.0 Å². The van der Waals surface area contributed by atoms with E-state index in [-0.39, 0.29) is 19.6 Å². The van der Waals surface area contributed by atoms with Gasteiger partial charge in [0.1, 0.15) is 35.8 Å². The second kappa shape index (κ2) is 12.0. The van der Waals surface area contributed by atoms with Crippen LogP contribution in [0.1, 0.15) is 37.0 Å². The molecule has 1 aromatic rings. The van der Waals surface area contributed by atoms with E-state index in [1.54, 1.807) is 36.4 Å². The Morgan fingerprint density at radius 3 is 2.40 bits per heavy atom. The normalized spacial score (nSPS) is 42.0. The quantitative estimate of drug-likeness (QED) is 0.192. The summed E-state index contributed by atoms with van der Waals surface area (Å²) in [5.41, 5.74) is 23.3. The average Bonchev–Trinajstić information content (AvgIpc) is 2.92. The van der Waals surface area contributed by atoms with E-state index < -0.39 is 72.2 Å². The Morgan fingerprint density at radius 1 is 1.10 bits per heavy atom. The summed E-state index contributed by atoms with van der Waals surface area (Å²) in [6.45, 7) is 2.84. The zero-order valence-corrected chi connectivity index (χ0v) is 23.1. The highest BCUT2D eigenvalue weighted by Crippen LogP contribution is 2.38. The van der Waals surface area contributed by atoms with E-state index >= 15 is 0 Å². The topological polar surface area (TPSA) is 222 Å². The Hall–Kier alpha value is -2.17. The molecule has 1 amide bonds. The molecule has 11 atom stereocenters. The Kier molecular flexibility index (Phi) is 9.22. The molecule has 3 aliphatic rings. The van der Waals surface area contributed by atoms with E-state index in [2.05, 4.69) is 0 Å². The smallest absolute Gasteiger partial charge is 0.254 e. The summed E-state index contributed by atoms with van der Waals surface area (Å²) in [5, 5.41) is 34.0. The molecular formula is C27H43N5O8. The SMILES string of the molecule is CN(C(=O)c1ccccc1)[C@@H]1[C@@H](O)[C@@](C)(O[C@@H]2[C@@H](O)[C@H](O[C@H]3OC(CN)=CC[C@H]3N)[C@@H](N)C[C@H]2N)OC[C@]1(C)O.